The zero-order valence-corrected chi connectivity index (χ0v) is 10.6. The minimum atomic E-state index is 0.533. The Bertz CT molecular complexity index is 157. The van der Waals surface area contributed by atoms with Crippen LogP contribution in [0.2, 0.25) is 0 Å². The lowest BCUT2D eigenvalue weighted by atomic mass is 9.85. The molecular weight excluding hydrogens is 186 g/mol. The molecule has 3 atom stereocenters. The highest BCUT2D eigenvalue weighted by atomic mass is 16.5. The van der Waals surface area contributed by atoms with Gasteiger partial charge < -0.3 is 10.1 Å². The van der Waals surface area contributed by atoms with E-state index in [1.54, 1.807) is 0 Å². The van der Waals surface area contributed by atoms with Crippen molar-refractivity contribution in [2.75, 3.05) is 13.7 Å². The van der Waals surface area contributed by atoms with Gasteiger partial charge in [0.05, 0.1) is 12.7 Å². The summed E-state index contributed by atoms with van der Waals surface area (Å²) in [6.07, 6.45) is 8.35. The Balaban J connectivity index is 2.20. The van der Waals surface area contributed by atoms with E-state index in [4.69, 9.17) is 4.74 Å². The van der Waals surface area contributed by atoms with Crippen LogP contribution in [-0.4, -0.2) is 25.8 Å². The van der Waals surface area contributed by atoms with Gasteiger partial charge in [-0.25, -0.2) is 0 Å². The van der Waals surface area contributed by atoms with Crippen LogP contribution in [0.1, 0.15) is 52.4 Å². The Labute approximate surface area is 94.8 Å². The summed E-state index contributed by atoms with van der Waals surface area (Å²) >= 11 is 0. The number of rotatable bonds is 6. The minimum absolute atomic E-state index is 0.533. The van der Waals surface area contributed by atoms with Crippen LogP contribution < -0.4 is 5.32 Å². The summed E-state index contributed by atoms with van der Waals surface area (Å²) in [7, 11) is 2.02. The van der Waals surface area contributed by atoms with Gasteiger partial charge >= 0.3 is 0 Å². The minimum Gasteiger partial charge on any atom is -0.377 e. The van der Waals surface area contributed by atoms with Gasteiger partial charge in [-0.1, -0.05) is 33.1 Å². The third-order valence-electron chi connectivity index (χ3n) is 3.75. The number of ether oxygens (including phenoxy) is 1. The molecule has 0 amide bonds. The fourth-order valence-corrected chi connectivity index (χ4v) is 2.42. The number of hydrogen-bond acceptors (Lipinski definition) is 2. The summed E-state index contributed by atoms with van der Waals surface area (Å²) in [6.45, 7) is 5.39. The second-order valence-electron chi connectivity index (χ2n) is 4.79. The van der Waals surface area contributed by atoms with Crippen LogP contribution in [0.25, 0.3) is 0 Å². The van der Waals surface area contributed by atoms with E-state index >= 15 is 0 Å². The molecule has 0 aliphatic heterocycles. The van der Waals surface area contributed by atoms with Crippen molar-refractivity contribution < 1.29 is 4.74 Å². The average molecular weight is 213 g/mol. The molecule has 1 fully saturated rings. The fraction of sp³-hybridized carbons (Fsp3) is 1.00. The van der Waals surface area contributed by atoms with Gasteiger partial charge in [0.1, 0.15) is 0 Å². The zero-order chi connectivity index (χ0) is 11.1. The molecule has 2 nitrogen and oxygen atoms in total. The third kappa shape index (κ3) is 4.52. The van der Waals surface area contributed by atoms with Gasteiger partial charge in [0.2, 0.25) is 0 Å². The molecule has 3 unspecified atom stereocenters. The lowest BCUT2D eigenvalue weighted by molar-refractivity contribution is 0.00200. The lowest BCUT2D eigenvalue weighted by Crippen LogP contribution is -2.33. The molecule has 0 radical (unpaired) electrons. The number of nitrogens with one attached hydrogen (secondary N) is 1. The molecule has 0 aromatic heterocycles. The van der Waals surface area contributed by atoms with Gasteiger partial charge in [-0.2, -0.15) is 0 Å². The molecule has 0 saturated heterocycles. The van der Waals surface area contributed by atoms with Gasteiger partial charge in [0.15, 0.2) is 0 Å². The normalized spacial score (nSPS) is 29.0. The lowest BCUT2D eigenvalue weighted by Gasteiger charge is -2.29. The average Bonchev–Trinajstić information content (AvgIpc) is 2.31. The van der Waals surface area contributed by atoms with E-state index in [2.05, 4.69) is 19.2 Å². The second kappa shape index (κ2) is 7.24. The Morgan fingerprint density at radius 3 is 2.73 bits per heavy atom. The van der Waals surface area contributed by atoms with E-state index in [1.807, 2.05) is 7.05 Å². The molecular formula is C13H27NO. The van der Waals surface area contributed by atoms with Gasteiger partial charge in [-0.15, -0.1) is 0 Å². The smallest absolute Gasteiger partial charge is 0.0623 e. The van der Waals surface area contributed by atoms with Crippen LogP contribution in [0.4, 0.5) is 0 Å². The van der Waals surface area contributed by atoms with E-state index in [9.17, 15) is 0 Å². The SMILES string of the molecule is CCC1CCCC(OCC(CC)NC)C1. The number of hydrogen-bond donors (Lipinski definition) is 1. The molecule has 1 aliphatic rings. The summed E-state index contributed by atoms with van der Waals surface area (Å²) in [5.74, 6) is 0.915. The molecule has 1 saturated carbocycles. The molecule has 1 N–H and O–H groups in total. The van der Waals surface area contributed by atoms with E-state index in [1.165, 1.54) is 32.1 Å². The van der Waals surface area contributed by atoms with Crippen LogP contribution in [0.15, 0.2) is 0 Å². The molecule has 15 heavy (non-hydrogen) atoms. The van der Waals surface area contributed by atoms with Crippen LogP contribution in [0.3, 0.4) is 0 Å². The van der Waals surface area contributed by atoms with Gasteiger partial charge in [-0.05, 0) is 32.2 Å². The Morgan fingerprint density at radius 1 is 1.33 bits per heavy atom. The third-order valence-corrected chi connectivity index (χ3v) is 3.75. The summed E-state index contributed by atoms with van der Waals surface area (Å²) in [6, 6.07) is 0.534. The molecule has 0 spiro atoms. The molecule has 90 valence electrons. The first-order valence-electron chi connectivity index (χ1n) is 6.59. The Kier molecular flexibility index (Phi) is 6.26. The topological polar surface area (TPSA) is 21.3 Å². The van der Waals surface area contributed by atoms with Crippen molar-refractivity contribution in [2.45, 2.75) is 64.5 Å². The van der Waals surface area contributed by atoms with Crippen molar-refractivity contribution in [2.24, 2.45) is 5.92 Å². The largest absolute Gasteiger partial charge is 0.377 e. The maximum Gasteiger partial charge on any atom is 0.0623 e. The summed E-state index contributed by atoms with van der Waals surface area (Å²) < 4.78 is 6.00. The first-order chi connectivity index (χ1) is 7.30. The molecule has 2 heteroatoms. The predicted octanol–water partition coefficient (Wildman–Crippen LogP) is 2.97. The fourth-order valence-electron chi connectivity index (χ4n) is 2.42. The quantitative estimate of drug-likeness (QED) is 0.732. The summed E-state index contributed by atoms with van der Waals surface area (Å²) in [5, 5.41) is 3.29. The molecule has 0 bridgehead atoms. The van der Waals surface area contributed by atoms with Crippen molar-refractivity contribution in [1.29, 1.82) is 0 Å². The molecule has 0 heterocycles. The van der Waals surface area contributed by atoms with Crippen molar-refractivity contribution in [3.8, 4) is 0 Å². The Hall–Kier alpha value is -0.0800. The highest BCUT2D eigenvalue weighted by Crippen LogP contribution is 2.28. The van der Waals surface area contributed by atoms with E-state index in [0.717, 1.165) is 18.9 Å². The monoisotopic (exact) mass is 213 g/mol. The van der Waals surface area contributed by atoms with Gasteiger partial charge in [0, 0.05) is 6.04 Å². The van der Waals surface area contributed by atoms with Crippen LogP contribution in [-0.2, 0) is 4.74 Å². The molecule has 0 aromatic rings. The maximum absolute atomic E-state index is 6.00. The van der Waals surface area contributed by atoms with E-state index in [0.29, 0.717) is 12.1 Å². The van der Waals surface area contributed by atoms with Crippen molar-refractivity contribution >= 4 is 0 Å². The first-order valence-corrected chi connectivity index (χ1v) is 6.59. The zero-order valence-electron chi connectivity index (χ0n) is 10.6. The van der Waals surface area contributed by atoms with Crippen molar-refractivity contribution in [3.63, 3.8) is 0 Å². The predicted molar refractivity (Wildman–Crippen MR) is 65.1 cm³/mol. The van der Waals surface area contributed by atoms with Crippen LogP contribution in [0, 0.1) is 5.92 Å². The summed E-state index contributed by atoms with van der Waals surface area (Å²) in [5.41, 5.74) is 0. The molecule has 1 rings (SSSR count). The summed E-state index contributed by atoms with van der Waals surface area (Å²) in [4.78, 5) is 0. The van der Waals surface area contributed by atoms with Crippen LogP contribution in [0.5, 0.6) is 0 Å². The van der Waals surface area contributed by atoms with E-state index in [-0.39, 0.29) is 0 Å². The highest BCUT2D eigenvalue weighted by molar-refractivity contribution is 4.73. The number of likely N-dealkylation sites (N-methyl/N-ethyl adjacent to an activating group) is 1. The van der Waals surface area contributed by atoms with E-state index < -0.39 is 0 Å². The maximum atomic E-state index is 6.00. The second-order valence-corrected chi connectivity index (χ2v) is 4.79. The molecule has 1 aliphatic carbocycles. The van der Waals surface area contributed by atoms with Crippen LogP contribution >= 0.6 is 0 Å². The van der Waals surface area contributed by atoms with Crippen molar-refractivity contribution in [3.05, 3.63) is 0 Å². The van der Waals surface area contributed by atoms with Crippen molar-refractivity contribution in [1.82, 2.24) is 5.32 Å². The van der Waals surface area contributed by atoms with Gasteiger partial charge in [-0.3, -0.25) is 0 Å². The molecule has 0 aromatic carbocycles. The standard InChI is InChI=1S/C13H27NO/c1-4-11-7-6-8-13(9-11)15-10-12(5-2)14-3/h11-14H,4-10H2,1-3H3. The first kappa shape index (κ1) is 13.0. The van der Waals surface area contributed by atoms with Gasteiger partial charge in [0.25, 0.3) is 0 Å². The Morgan fingerprint density at radius 2 is 2.13 bits per heavy atom. The highest BCUT2D eigenvalue weighted by Gasteiger charge is 2.21.